The summed E-state index contributed by atoms with van der Waals surface area (Å²) < 4.78 is 0. The van der Waals surface area contributed by atoms with Crippen LogP contribution in [0.1, 0.15) is 16.8 Å². The molecule has 1 aromatic rings. The van der Waals surface area contributed by atoms with Crippen molar-refractivity contribution in [2.75, 3.05) is 11.5 Å². The van der Waals surface area contributed by atoms with Gasteiger partial charge in [-0.1, -0.05) is 12.1 Å². The van der Waals surface area contributed by atoms with Gasteiger partial charge < -0.3 is 15.5 Å². The van der Waals surface area contributed by atoms with E-state index in [-0.39, 0.29) is 11.3 Å². The number of benzene rings is 1. The van der Waals surface area contributed by atoms with Gasteiger partial charge in [-0.05, 0) is 24.3 Å². The molecule has 1 amide bonds. The molecule has 1 heterocycles. The van der Waals surface area contributed by atoms with Crippen LogP contribution in [0.3, 0.4) is 0 Å². The topological polar surface area (TPSA) is 86.6 Å². The Bertz CT molecular complexity index is 483. The summed E-state index contributed by atoms with van der Waals surface area (Å²) in [7, 11) is 0. The molecule has 2 rings (SSSR count). The molecule has 0 spiro atoms. The second-order valence-electron chi connectivity index (χ2n) is 4.16. The van der Waals surface area contributed by atoms with E-state index in [0.29, 0.717) is 17.9 Å². The second kappa shape index (κ2) is 4.89. The van der Waals surface area contributed by atoms with Crippen LogP contribution >= 0.6 is 11.8 Å². The average Bonchev–Trinajstić information content (AvgIpc) is 2.79. The molecule has 3 N–H and O–H groups in total. The number of carbonyl (C=O) groups is 2. The summed E-state index contributed by atoms with van der Waals surface area (Å²) in [6.07, 6.45) is 0.395. The molecule has 0 bridgehead atoms. The first-order valence-corrected chi connectivity index (χ1v) is 6.62. The number of thioether (sulfide) groups is 1. The highest BCUT2D eigenvalue weighted by Gasteiger charge is 2.43. The van der Waals surface area contributed by atoms with E-state index in [9.17, 15) is 19.8 Å². The lowest BCUT2D eigenvalue weighted by atomic mass is 9.98. The Kier molecular flexibility index (Phi) is 3.47. The Morgan fingerprint density at radius 3 is 2.61 bits per heavy atom. The highest BCUT2D eigenvalue weighted by Crippen LogP contribution is 2.29. The van der Waals surface area contributed by atoms with Gasteiger partial charge in [-0.3, -0.25) is 4.79 Å². The van der Waals surface area contributed by atoms with Crippen LogP contribution in [0.2, 0.25) is 0 Å². The first-order chi connectivity index (χ1) is 8.55. The number of para-hydroxylation sites is 1. The minimum atomic E-state index is -1.22. The quantitative estimate of drug-likeness (QED) is 0.763. The number of hydrogen-bond acceptors (Lipinski definition) is 4. The number of nitrogens with one attached hydrogen (secondary N) is 1. The van der Waals surface area contributed by atoms with Gasteiger partial charge in [-0.15, -0.1) is 0 Å². The zero-order chi connectivity index (χ0) is 13.2. The van der Waals surface area contributed by atoms with E-state index in [1.165, 1.54) is 23.9 Å². The molecule has 6 heteroatoms. The smallest absolute Gasteiger partial charge is 0.330 e. The van der Waals surface area contributed by atoms with Crippen molar-refractivity contribution in [1.29, 1.82) is 0 Å². The summed E-state index contributed by atoms with van der Waals surface area (Å²) in [5.41, 5.74) is -1.13. The molecule has 5 nitrogen and oxygen atoms in total. The summed E-state index contributed by atoms with van der Waals surface area (Å²) in [5, 5.41) is 21.3. The largest absolute Gasteiger partial charge is 0.507 e. The van der Waals surface area contributed by atoms with Gasteiger partial charge >= 0.3 is 5.97 Å². The summed E-state index contributed by atoms with van der Waals surface area (Å²) in [5.74, 6) is -0.690. The number of aliphatic carboxylic acids is 1. The van der Waals surface area contributed by atoms with Gasteiger partial charge in [0.25, 0.3) is 5.91 Å². The molecular weight excluding hydrogens is 254 g/mol. The van der Waals surface area contributed by atoms with Gasteiger partial charge in [0, 0.05) is 5.75 Å². The van der Waals surface area contributed by atoms with Crippen LogP contribution in [0.15, 0.2) is 24.3 Å². The van der Waals surface area contributed by atoms with Crippen LogP contribution in [-0.4, -0.2) is 39.1 Å². The number of carboxylic acids is 1. The van der Waals surface area contributed by atoms with Crippen molar-refractivity contribution < 1.29 is 19.8 Å². The number of carboxylic acid groups (broad SMARTS) is 1. The van der Waals surface area contributed by atoms with Gasteiger partial charge in [0.05, 0.1) is 5.56 Å². The average molecular weight is 267 g/mol. The van der Waals surface area contributed by atoms with Crippen LogP contribution in [0.4, 0.5) is 0 Å². The number of amides is 1. The Hall–Kier alpha value is -1.69. The van der Waals surface area contributed by atoms with Crippen LogP contribution in [0.25, 0.3) is 0 Å². The number of phenols is 1. The molecule has 1 unspecified atom stereocenters. The minimum Gasteiger partial charge on any atom is -0.507 e. The third-order valence-corrected chi connectivity index (χ3v) is 4.12. The van der Waals surface area contributed by atoms with Crippen LogP contribution in [0, 0.1) is 0 Å². The van der Waals surface area contributed by atoms with Crippen LogP contribution in [-0.2, 0) is 4.79 Å². The van der Waals surface area contributed by atoms with E-state index >= 15 is 0 Å². The van der Waals surface area contributed by atoms with E-state index in [0.717, 1.165) is 0 Å². The Balaban J connectivity index is 2.21. The monoisotopic (exact) mass is 267 g/mol. The van der Waals surface area contributed by atoms with Gasteiger partial charge in [0.2, 0.25) is 0 Å². The first-order valence-electron chi connectivity index (χ1n) is 5.47. The highest BCUT2D eigenvalue weighted by molar-refractivity contribution is 7.99. The first kappa shape index (κ1) is 12.8. The molecule has 18 heavy (non-hydrogen) atoms. The van der Waals surface area contributed by atoms with E-state index in [1.54, 1.807) is 12.1 Å². The minimum absolute atomic E-state index is 0.0926. The van der Waals surface area contributed by atoms with Crippen LogP contribution in [0.5, 0.6) is 5.75 Å². The number of aromatic hydroxyl groups is 1. The molecule has 1 fully saturated rings. The fraction of sp³-hybridized carbons (Fsp3) is 0.333. The third kappa shape index (κ3) is 2.28. The van der Waals surface area contributed by atoms with Gasteiger partial charge in [-0.25, -0.2) is 4.79 Å². The standard InChI is InChI=1S/C12H13NO4S/c14-9-4-2-1-3-8(9)10(15)13-12(11(16)17)5-6-18-7-12/h1-4,14H,5-7H2,(H,13,15)(H,16,17). The molecule has 0 saturated carbocycles. The maximum atomic E-state index is 12.0. The molecule has 1 saturated heterocycles. The maximum Gasteiger partial charge on any atom is 0.330 e. The van der Waals surface area contributed by atoms with Crippen molar-refractivity contribution in [3.05, 3.63) is 29.8 Å². The number of hydrogen-bond donors (Lipinski definition) is 3. The maximum absolute atomic E-state index is 12.0. The fourth-order valence-electron chi connectivity index (χ4n) is 1.84. The molecule has 1 aromatic carbocycles. The number of phenolic OH excluding ortho intramolecular Hbond substituents is 1. The van der Waals surface area contributed by atoms with Crippen molar-refractivity contribution >= 4 is 23.6 Å². The molecule has 1 aliphatic heterocycles. The summed E-state index contributed by atoms with van der Waals surface area (Å²) >= 11 is 1.49. The summed E-state index contributed by atoms with van der Waals surface area (Å²) in [4.78, 5) is 23.3. The molecule has 1 aliphatic rings. The zero-order valence-corrected chi connectivity index (χ0v) is 10.4. The van der Waals surface area contributed by atoms with E-state index in [4.69, 9.17) is 0 Å². The summed E-state index contributed by atoms with van der Waals surface area (Å²) in [6, 6.07) is 6.07. The normalized spacial score (nSPS) is 22.7. The van der Waals surface area contributed by atoms with Crippen molar-refractivity contribution in [2.45, 2.75) is 12.0 Å². The Labute approximate surface area is 108 Å². The third-order valence-electron chi connectivity index (χ3n) is 2.93. The molecule has 0 radical (unpaired) electrons. The number of rotatable bonds is 3. The van der Waals surface area contributed by atoms with E-state index < -0.39 is 17.4 Å². The van der Waals surface area contributed by atoms with E-state index in [2.05, 4.69) is 5.32 Å². The lowest BCUT2D eigenvalue weighted by molar-refractivity contribution is -0.143. The molecule has 0 aromatic heterocycles. The molecular formula is C12H13NO4S. The summed E-state index contributed by atoms with van der Waals surface area (Å²) in [6.45, 7) is 0. The predicted octanol–water partition coefficient (Wildman–Crippen LogP) is 1.08. The van der Waals surface area contributed by atoms with Gasteiger partial charge in [0.1, 0.15) is 11.3 Å². The van der Waals surface area contributed by atoms with Crippen molar-refractivity contribution in [3.8, 4) is 5.75 Å². The lowest BCUT2D eigenvalue weighted by Gasteiger charge is -2.24. The Morgan fingerprint density at radius 1 is 1.33 bits per heavy atom. The zero-order valence-electron chi connectivity index (χ0n) is 9.55. The van der Waals surface area contributed by atoms with Crippen molar-refractivity contribution in [2.24, 2.45) is 0 Å². The van der Waals surface area contributed by atoms with Gasteiger partial charge in [-0.2, -0.15) is 11.8 Å². The predicted molar refractivity (Wildman–Crippen MR) is 67.9 cm³/mol. The van der Waals surface area contributed by atoms with Gasteiger partial charge in [0.15, 0.2) is 0 Å². The molecule has 96 valence electrons. The lowest BCUT2D eigenvalue weighted by Crippen LogP contribution is -2.54. The van der Waals surface area contributed by atoms with Crippen LogP contribution < -0.4 is 5.32 Å². The second-order valence-corrected chi connectivity index (χ2v) is 5.27. The molecule has 1 atom stereocenters. The molecule has 0 aliphatic carbocycles. The van der Waals surface area contributed by atoms with Crippen molar-refractivity contribution in [3.63, 3.8) is 0 Å². The number of carbonyl (C=O) groups excluding carboxylic acids is 1. The highest BCUT2D eigenvalue weighted by atomic mass is 32.2. The van der Waals surface area contributed by atoms with Crippen molar-refractivity contribution in [1.82, 2.24) is 5.32 Å². The Morgan fingerprint density at radius 2 is 2.06 bits per heavy atom. The fourth-order valence-corrected chi connectivity index (χ4v) is 3.16. The van der Waals surface area contributed by atoms with E-state index in [1.807, 2.05) is 0 Å². The SMILES string of the molecule is O=C(NC1(C(=O)O)CCSC1)c1ccccc1O.